The maximum atomic E-state index is 12.3. The summed E-state index contributed by atoms with van der Waals surface area (Å²) in [5.74, 6) is -1.47. The number of benzene rings is 1. The van der Waals surface area contributed by atoms with Crippen molar-refractivity contribution in [1.29, 1.82) is 0 Å². The molecule has 128 valence electrons. The molecule has 10 heteroatoms. The molecule has 0 radical (unpaired) electrons. The summed E-state index contributed by atoms with van der Waals surface area (Å²) in [6, 6.07) is 2.47. The molecule has 1 aromatic heterocycles. The maximum absolute atomic E-state index is 12.3. The van der Waals surface area contributed by atoms with E-state index in [1.165, 1.54) is 24.5 Å². The molecule has 24 heavy (non-hydrogen) atoms. The summed E-state index contributed by atoms with van der Waals surface area (Å²) >= 11 is 8.68. The summed E-state index contributed by atoms with van der Waals surface area (Å²) in [5.41, 5.74) is -0.109. The number of rotatable bonds is 5. The minimum absolute atomic E-state index is 0.0192. The van der Waals surface area contributed by atoms with Crippen molar-refractivity contribution in [1.82, 2.24) is 9.97 Å². The minimum atomic E-state index is -4.34. The number of aromatic carboxylic acids is 1. The first-order valence-electron chi connectivity index (χ1n) is 6.44. The van der Waals surface area contributed by atoms with Crippen LogP contribution >= 0.6 is 27.5 Å². The van der Waals surface area contributed by atoms with Crippen LogP contribution in [0.5, 0.6) is 11.8 Å². The van der Waals surface area contributed by atoms with Gasteiger partial charge in [-0.15, -0.1) is 0 Å². The van der Waals surface area contributed by atoms with Gasteiger partial charge in [-0.05, 0) is 34.0 Å². The Kier molecular flexibility index (Phi) is 5.66. The van der Waals surface area contributed by atoms with Gasteiger partial charge in [0, 0.05) is 10.9 Å². The first-order chi connectivity index (χ1) is 11.2. The van der Waals surface area contributed by atoms with Crippen LogP contribution in [-0.4, -0.2) is 27.2 Å². The number of carboxylic acid groups (broad SMARTS) is 1. The third-order valence-electron chi connectivity index (χ3n) is 2.87. The van der Waals surface area contributed by atoms with Gasteiger partial charge < -0.3 is 9.84 Å². The summed E-state index contributed by atoms with van der Waals surface area (Å²) in [4.78, 5) is 19.0. The van der Waals surface area contributed by atoms with Gasteiger partial charge in [0.05, 0.1) is 17.4 Å². The SMILES string of the molecule is O=C(O)c1c(Oc2ncc(Cl)cn2)ccc(CCC(F)(F)F)c1Br. The lowest BCUT2D eigenvalue weighted by molar-refractivity contribution is -0.134. The van der Waals surface area contributed by atoms with Crippen molar-refractivity contribution in [3.05, 3.63) is 45.1 Å². The molecule has 0 aliphatic rings. The molecule has 0 aliphatic heterocycles. The van der Waals surface area contributed by atoms with Gasteiger partial charge in [-0.3, -0.25) is 0 Å². The number of aromatic nitrogens is 2. The maximum Gasteiger partial charge on any atom is 0.389 e. The van der Waals surface area contributed by atoms with E-state index >= 15 is 0 Å². The predicted molar refractivity (Wildman–Crippen MR) is 82.6 cm³/mol. The monoisotopic (exact) mass is 424 g/mol. The van der Waals surface area contributed by atoms with Crippen LogP contribution in [-0.2, 0) is 6.42 Å². The number of carbonyl (C=O) groups is 1. The zero-order valence-corrected chi connectivity index (χ0v) is 14.1. The topological polar surface area (TPSA) is 72.3 Å². The van der Waals surface area contributed by atoms with Crippen LogP contribution in [0, 0.1) is 0 Å². The van der Waals surface area contributed by atoms with Gasteiger partial charge in [0.2, 0.25) is 0 Å². The van der Waals surface area contributed by atoms with Crippen molar-refractivity contribution in [2.24, 2.45) is 0 Å². The van der Waals surface area contributed by atoms with Crippen molar-refractivity contribution in [3.63, 3.8) is 0 Å². The second-order valence-electron chi connectivity index (χ2n) is 4.62. The predicted octanol–water partition coefficient (Wildman–Crippen LogP) is 4.88. The fourth-order valence-electron chi connectivity index (χ4n) is 1.81. The largest absolute Gasteiger partial charge is 0.478 e. The van der Waals surface area contributed by atoms with Crippen molar-refractivity contribution in [2.45, 2.75) is 19.0 Å². The summed E-state index contributed by atoms with van der Waals surface area (Å²) in [7, 11) is 0. The molecular formula is C14H9BrClF3N2O3. The van der Waals surface area contributed by atoms with Crippen LogP contribution in [0.1, 0.15) is 22.3 Å². The molecule has 2 aromatic rings. The Labute approximate surface area is 147 Å². The van der Waals surface area contributed by atoms with Gasteiger partial charge in [-0.25, -0.2) is 14.8 Å². The molecule has 0 amide bonds. The Hall–Kier alpha value is -1.87. The molecule has 2 rings (SSSR count). The molecule has 0 atom stereocenters. The molecule has 0 saturated heterocycles. The first-order valence-corrected chi connectivity index (χ1v) is 7.61. The quantitative estimate of drug-likeness (QED) is 0.739. The molecule has 1 N–H and O–H groups in total. The van der Waals surface area contributed by atoms with E-state index in [1.807, 2.05) is 0 Å². The van der Waals surface area contributed by atoms with Crippen LogP contribution in [0.15, 0.2) is 29.0 Å². The highest BCUT2D eigenvalue weighted by atomic mass is 79.9. The Balaban J connectivity index is 2.33. The van der Waals surface area contributed by atoms with Crippen molar-refractivity contribution in [2.75, 3.05) is 0 Å². The van der Waals surface area contributed by atoms with Crippen LogP contribution in [0.4, 0.5) is 13.2 Å². The number of hydrogen-bond donors (Lipinski definition) is 1. The molecule has 5 nitrogen and oxygen atoms in total. The fraction of sp³-hybridized carbons (Fsp3) is 0.214. The lowest BCUT2D eigenvalue weighted by Crippen LogP contribution is -2.10. The molecular weight excluding hydrogens is 417 g/mol. The zero-order valence-electron chi connectivity index (χ0n) is 11.8. The third-order valence-corrected chi connectivity index (χ3v) is 3.97. The summed E-state index contributed by atoms with van der Waals surface area (Å²) in [6.45, 7) is 0. The zero-order chi connectivity index (χ0) is 17.9. The first kappa shape index (κ1) is 18.5. The normalized spacial score (nSPS) is 11.4. The Morgan fingerprint density at radius 1 is 1.29 bits per heavy atom. The Morgan fingerprint density at radius 3 is 2.46 bits per heavy atom. The van der Waals surface area contributed by atoms with Crippen LogP contribution < -0.4 is 4.74 Å². The van der Waals surface area contributed by atoms with Gasteiger partial charge in [-0.2, -0.15) is 13.2 Å². The van der Waals surface area contributed by atoms with Crippen molar-refractivity contribution in [3.8, 4) is 11.8 Å². The Morgan fingerprint density at radius 2 is 1.92 bits per heavy atom. The minimum Gasteiger partial charge on any atom is -0.478 e. The van der Waals surface area contributed by atoms with Crippen LogP contribution in [0.2, 0.25) is 5.02 Å². The van der Waals surface area contributed by atoms with Crippen molar-refractivity contribution >= 4 is 33.5 Å². The number of halogens is 5. The smallest absolute Gasteiger partial charge is 0.389 e. The number of carboxylic acids is 1. The van der Waals surface area contributed by atoms with E-state index < -0.39 is 18.6 Å². The van der Waals surface area contributed by atoms with E-state index in [0.717, 1.165) is 0 Å². The van der Waals surface area contributed by atoms with E-state index in [4.69, 9.17) is 16.3 Å². The standard InChI is InChI=1S/C14H9BrClF3N2O3/c15-11-7(3-4-14(17,18)19)1-2-9(10(11)12(22)23)24-13-20-5-8(16)6-21-13/h1-2,5-6H,3-4H2,(H,22,23). The van der Waals surface area contributed by atoms with Gasteiger partial charge in [-0.1, -0.05) is 17.7 Å². The average Bonchev–Trinajstić information content (AvgIpc) is 2.47. The summed E-state index contributed by atoms with van der Waals surface area (Å²) in [5, 5.41) is 9.60. The van der Waals surface area contributed by atoms with E-state index in [2.05, 4.69) is 25.9 Å². The number of ether oxygens (including phenoxy) is 1. The van der Waals surface area contributed by atoms with E-state index in [0.29, 0.717) is 0 Å². The summed E-state index contributed by atoms with van der Waals surface area (Å²) < 4.78 is 42.4. The van der Waals surface area contributed by atoms with Crippen LogP contribution in [0.25, 0.3) is 0 Å². The molecule has 0 unspecified atom stereocenters. The van der Waals surface area contributed by atoms with Gasteiger partial charge in [0.15, 0.2) is 0 Å². The molecule has 0 bridgehead atoms. The average molecular weight is 426 g/mol. The second kappa shape index (κ2) is 7.35. The second-order valence-corrected chi connectivity index (χ2v) is 5.85. The van der Waals surface area contributed by atoms with Gasteiger partial charge >= 0.3 is 18.2 Å². The van der Waals surface area contributed by atoms with Crippen molar-refractivity contribution < 1.29 is 27.8 Å². The molecule has 0 fully saturated rings. The van der Waals surface area contributed by atoms with E-state index in [-0.39, 0.29) is 38.8 Å². The highest BCUT2D eigenvalue weighted by molar-refractivity contribution is 9.10. The molecule has 0 spiro atoms. The lowest BCUT2D eigenvalue weighted by Gasteiger charge is -2.13. The molecule has 0 saturated carbocycles. The molecule has 0 aliphatic carbocycles. The number of aryl methyl sites for hydroxylation is 1. The molecule has 1 aromatic carbocycles. The fourth-order valence-corrected chi connectivity index (χ4v) is 2.60. The lowest BCUT2D eigenvalue weighted by atomic mass is 10.1. The summed E-state index contributed by atoms with van der Waals surface area (Å²) in [6.07, 6.45) is -3.24. The number of hydrogen-bond acceptors (Lipinski definition) is 4. The van der Waals surface area contributed by atoms with E-state index in [1.54, 1.807) is 0 Å². The highest BCUT2D eigenvalue weighted by Gasteiger charge is 2.28. The number of nitrogens with zero attached hydrogens (tertiary/aromatic N) is 2. The molecule has 1 heterocycles. The highest BCUT2D eigenvalue weighted by Crippen LogP contribution is 2.34. The third kappa shape index (κ3) is 4.81. The number of alkyl halides is 3. The Bertz CT molecular complexity index is 754. The van der Waals surface area contributed by atoms with Gasteiger partial charge in [0.25, 0.3) is 0 Å². The van der Waals surface area contributed by atoms with Crippen LogP contribution in [0.3, 0.4) is 0 Å². The van der Waals surface area contributed by atoms with Gasteiger partial charge in [0.1, 0.15) is 11.3 Å². The van der Waals surface area contributed by atoms with E-state index in [9.17, 15) is 23.1 Å².